The second-order valence-corrected chi connectivity index (χ2v) is 8.30. The summed E-state index contributed by atoms with van der Waals surface area (Å²) in [5, 5.41) is 6.64. The average molecular weight is 394 g/mol. The van der Waals surface area contributed by atoms with Crippen molar-refractivity contribution in [2.75, 3.05) is 26.8 Å². The summed E-state index contributed by atoms with van der Waals surface area (Å²) >= 11 is 0. The molecule has 0 radical (unpaired) electrons. The van der Waals surface area contributed by atoms with Gasteiger partial charge in [-0.25, -0.2) is 8.42 Å². The molecule has 1 fully saturated rings. The third-order valence-electron chi connectivity index (χ3n) is 4.44. The topological polar surface area (TPSA) is 115 Å². The van der Waals surface area contributed by atoms with Crippen molar-refractivity contribution in [2.45, 2.75) is 30.2 Å². The number of nitrogens with zero attached hydrogens (tertiary/aromatic N) is 3. The summed E-state index contributed by atoms with van der Waals surface area (Å²) in [5.41, 5.74) is 0. The van der Waals surface area contributed by atoms with Gasteiger partial charge in [0.25, 0.3) is 0 Å². The number of hydrogen-bond acceptors (Lipinski definition) is 7. The Bertz CT molecular complexity index is 884. The SMILES string of the molecule is COCC(=O)NC1CN(S(=O)(=O)c2ccccc2)CCC1c1nc(C)no1. The zero-order valence-corrected chi connectivity index (χ0v) is 16.0. The van der Waals surface area contributed by atoms with Crippen LogP contribution in [0.2, 0.25) is 0 Å². The van der Waals surface area contributed by atoms with Crippen molar-refractivity contribution in [1.29, 1.82) is 0 Å². The van der Waals surface area contributed by atoms with Crippen LogP contribution in [0.3, 0.4) is 0 Å². The van der Waals surface area contributed by atoms with Gasteiger partial charge in [0.1, 0.15) is 6.61 Å². The molecule has 1 saturated heterocycles. The van der Waals surface area contributed by atoms with Crippen LogP contribution in [0, 0.1) is 6.92 Å². The number of aryl methyl sites for hydroxylation is 1. The lowest BCUT2D eigenvalue weighted by Gasteiger charge is -2.36. The first-order valence-corrected chi connectivity index (χ1v) is 9.99. The van der Waals surface area contributed by atoms with Crippen LogP contribution >= 0.6 is 0 Å². The first kappa shape index (κ1) is 19.5. The summed E-state index contributed by atoms with van der Waals surface area (Å²) in [6, 6.07) is 7.73. The highest BCUT2D eigenvalue weighted by molar-refractivity contribution is 7.89. The van der Waals surface area contributed by atoms with E-state index in [1.165, 1.54) is 11.4 Å². The molecule has 1 aromatic heterocycles. The van der Waals surface area contributed by atoms with E-state index < -0.39 is 16.1 Å². The molecule has 0 spiro atoms. The highest BCUT2D eigenvalue weighted by Crippen LogP contribution is 2.30. The van der Waals surface area contributed by atoms with E-state index in [1.807, 2.05) is 0 Å². The van der Waals surface area contributed by atoms with E-state index in [9.17, 15) is 13.2 Å². The number of aromatic nitrogens is 2. The van der Waals surface area contributed by atoms with Gasteiger partial charge in [0.05, 0.1) is 16.9 Å². The maximum atomic E-state index is 12.9. The number of benzene rings is 1. The van der Waals surface area contributed by atoms with Crippen LogP contribution in [0.1, 0.15) is 24.1 Å². The number of sulfonamides is 1. The highest BCUT2D eigenvalue weighted by Gasteiger charge is 2.39. The fourth-order valence-corrected chi connectivity index (χ4v) is 4.67. The van der Waals surface area contributed by atoms with E-state index in [1.54, 1.807) is 37.3 Å². The molecule has 1 aliphatic heterocycles. The van der Waals surface area contributed by atoms with Crippen molar-refractivity contribution < 1.29 is 22.5 Å². The Morgan fingerprint density at radius 2 is 2.11 bits per heavy atom. The molecule has 10 heteroatoms. The van der Waals surface area contributed by atoms with Crippen LogP contribution in [0.5, 0.6) is 0 Å². The Labute approximate surface area is 157 Å². The van der Waals surface area contributed by atoms with Gasteiger partial charge in [-0.05, 0) is 25.5 Å². The van der Waals surface area contributed by atoms with E-state index in [0.717, 1.165) is 0 Å². The van der Waals surface area contributed by atoms with Gasteiger partial charge in [0.2, 0.25) is 21.8 Å². The van der Waals surface area contributed by atoms with Crippen LogP contribution in [0.15, 0.2) is 39.8 Å². The van der Waals surface area contributed by atoms with Crippen LogP contribution in [-0.2, 0) is 19.6 Å². The number of piperidine rings is 1. The number of rotatable bonds is 6. The van der Waals surface area contributed by atoms with E-state index in [4.69, 9.17) is 9.26 Å². The number of carbonyl (C=O) groups is 1. The van der Waals surface area contributed by atoms with E-state index in [-0.39, 0.29) is 29.9 Å². The molecular weight excluding hydrogens is 372 g/mol. The molecule has 0 aliphatic carbocycles. The van der Waals surface area contributed by atoms with Gasteiger partial charge < -0.3 is 14.6 Å². The Balaban J connectivity index is 1.84. The molecule has 2 unspecified atom stereocenters. The monoisotopic (exact) mass is 394 g/mol. The van der Waals surface area contributed by atoms with Crippen molar-refractivity contribution >= 4 is 15.9 Å². The fraction of sp³-hybridized carbons (Fsp3) is 0.471. The van der Waals surface area contributed by atoms with Gasteiger partial charge in [-0.2, -0.15) is 9.29 Å². The number of nitrogens with one attached hydrogen (secondary N) is 1. The average Bonchev–Trinajstić information content (AvgIpc) is 3.08. The summed E-state index contributed by atoms with van der Waals surface area (Å²) in [4.78, 5) is 16.5. The number of methoxy groups -OCH3 is 1. The minimum absolute atomic E-state index is 0.110. The van der Waals surface area contributed by atoms with Crippen molar-refractivity contribution in [3.8, 4) is 0 Å². The predicted octanol–water partition coefficient (Wildman–Crippen LogP) is 0.687. The summed E-state index contributed by atoms with van der Waals surface area (Å²) in [6.07, 6.45) is 0.450. The maximum Gasteiger partial charge on any atom is 0.246 e. The van der Waals surface area contributed by atoms with Crippen molar-refractivity contribution in [2.24, 2.45) is 0 Å². The molecule has 1 amide bonds. The number of amides is 1. The molecule has 1 aliphatic rings. The normalized spacial score (nSPS) is 21.1. The van der Waals surface area contributed by atoms with E-state index in [2.05, 4.69) is 15.5 Å². The lowest BCUT2D eigenvalue weighted by Crippen LogP contribution is -2.53. The molecule has 0 bridgehead atoms. The van der Waals surface area contributed by atoms with Crippen LogP contribution in [0.25, 0.3) is 0 Å². The Morgan fingerprint density at radius 1 is 1.37 bits per heavy atom. The second-order valence-electron chi connectivity index (χ2n) is 6.36. The van der Waals surface area contributed by atoms with E-state index >= 15 is 0 Å². The van der Waals surface area contributed by atoms with Gasteiger partial charge in [-0.3, -0.25) is 4.79 Å². The minimum atomic E-state index is -3.66. The first-order chi connectivity index (χ1) is 12.9. The fourth-order valence-electron chi connectivity index (χ4n) is 3.17. The smallest absolute Gasteiger partial charge is 0.246 e. The third-order valence-corrected chi connectivity index (χ3v) is 6.32. The van der Waals surface area contributed by atoms with Gasteiger partial charge in [-0.1, -0.05) is 23.4 Å². The number of hydrogen-bond donors (Lipinski definition) is 1. The molecule has 2 aromatic rings. The summed E-state index contributed by atoms with van der Waals surface area (Å²) in [7, 11) is -2.24. The van der Waals surface area contributed by atoms with Gasteiger partial charge >= 0.3 is 0 Å². The lowest BCUT2D eigenvalue weighted by atomic mass is 9.92. The molecular formula is C17H22N4O5S. The van der Waals surface area contributed by atoms with Crippen molar-refractivity contribution in [1.82, 2.24) is 19.8 Å². The van der Waals surface area contributed by atoms with Gasteiger partial charge in [-0.15, -0.1) is 0 Å². The quantitative estimate of drug-likeness (QED) is 0.766. The molecule has 146 valence electrons. The Hall–Kier alpha value is -2.30. The highest BCUT2D eigenvalue weighted by atomic mass is 32.2. The van der Waals surface area contributed by atoms with Gasteiger partial charge in [0, 0.05) is 20.2 Å². The summed E-state index contributed by atoms with van der Waals surface area (Å²) < 4.78 is 37.4. The first-order valence-electron chi connectivity index (χ1n) is 8.55. The lowest BCUT2D eigenvalue weighted by molar-refractivity contribution is -0.125. The molecule has 3 rings (SSSR count). The second kappa shape index (κ2) is 8.15. The van der Waals surface area contributed by atoms with Crippen molar-refractivity contribution in [3.63, 3.8) is 0 Å². The predicted molar refractivity (Wildman–Crippen MR) is 95.4 cm³/mol. The number of ether oxygens (including phenoxy) is 1. The Morgan fingerprint density at radius 3 is 2.74 bits per heavy atom. The zero-order chi connectivity index (χ0) is 19.4. The standard InChI is InChI=1S/C17H22N4O5S/c1-12-18-17(26-20-12)14-8-9-21(10-15(14)19-16(22)11-25-2)27(23,24)13-6-4-3-5-7-13/h3-7,14-15H,8-11H2,1-2H3,(H,19,22). The third kappa shape index (κ3) is 4.34. The molecule has 2 heterocycles. The van der Waals surface area contributed by atoms with Crippen LogP contribution in [0.4, 0.5) is 0 Å². The molecule has 27 heavy (non-hydrogen) atoms. The van der Waals surface area contributed by atoms with Crippen molar-refractivity contribution in [3.05, 3.63) is 42.0 Å². The minimum Gasteiger partial charge on any atom is -0.375 e. The molecule has 1 N–H and O–H groups in total. The van der Waals surface area contributed by atoms with Crippen LogP contribution in [-0.4, -0.2) is 61.6 Å². The molecule has 2 atom stereocenters. The van der Waals surface area contributed by atoms with E-state index in [0.29, 0.717) is 24.7 Å². The molecule has 0 saturated carbocycles. The Kier molecular flexibility index (Phi) is 5.88. The molecule has 9 nitrogen and oxygen atoms in total. The summed E-state index contributed by atoms with van der Waals surface area (Å²) in [5.74, 6) is 0.287. The van der Waals surface area contributed by atoms with Crippen LogP contribution < -0.4 is 5.32 Å². The van der Waals surface area contributed by atoms with Gasteiger partial charge in [0.15, 0.2) is 5.82 Å². The molecule has 1 aromatic carbocycles. The number of carbonyl (C=O) groups excluding carboxylic acids is 1. The summed E-state index contributed by atoms with van der Waals surface area (Å²) in [6.45, 7) is 2.00. The largest absolute Gasteiger partial charge is 0.375 e. The zero-order valence-electron chi connectivity index (χ0n) is 15.2. The maximum absolute atomic E-state index is 12.9.